The maximum atomic E-state index is 12.1. The van der Waals surface area contributed by atoms with Crippen molar-refractivity contribution >= 4 is 23.7 Å². The summed E-state index contributed by atoms with van der Waals surface area (Å²) < 4.78 is 11.6. The van der Waals surface area contributed by atoms with Crippen molar-refractivity contribution in [2.24, 2.45) is 22.7 Å². The third-order valence-electron chi connectivity index (χ3n) is 8.21. The van der Waals surface area contributed by atoms with Crippen LogP contribution in [0.1, 0.15) is 32.3 Å². The summed E-state index contributed by atoms with van der Waals surface area (Å²) in [5.41, 5.74) is 2.86. The van der Waals surface area contributed by atoms with Crippen LogP contribution in [0.5, 0.6) is 5.75 Å². The first-order chi connectivity index (χ1) is 13.5. The molecule has 7 rings (SSSR count). The Bertz CT molecular complexity index is 942. The van der Waals surface area contributed by atoms with Crippen molar-refractivity contribution in [1.29, 1.82) is 0 Å². The average molecular weight is 380 g/mol. The first kappa shape index (κ1) is 16.7. The Labute approximate surface area is 163 Å². The second-order valence-electron chi connectivity index (χ2n) is 9.05. The standard InChI is InChI=1S/C22H24N2O4/c1-10-14(9-25)13-7-17-20-22(15-6-12(27-3)4-5-16(15)23-20)8-18(24(10)17)19(13)21(22)28-11(2)26/h4-6,9-10,13-14,17-19,21H,7-8H2,1-3H3/t10-,13-,14?,17?,18-,19-,21+,22?/m0/s1. The monoisotopic (exact) mass is 380 g/mol. The number of esters is 1. The van der Waals surface area contributed by atoms with Gasteiger partial charge in [-0.2, -0.15) is 0 Å². The van der Waals surface area contributed by atoms with Gasteiger partial charge >= 0.3 is 5.97 Å². The number of piperidine rings is 4. The fourth-order valence-corrected chi connectivity index (χ4v) is 7.43. The van der Waals surface area contributed by atoms with Crippen molar-refractivity contribution < 1.29 is 19.1 Å². The number of ether oxygens (including phenoxy) is 2. The second kappa shape index (κ2) is 5.23. The Kier molecular flexibility index (Phi) is 3.12. The number of aliphatic imine (C=N–C) groups is 1. The van der Waals surface area contributed by atoms with Gasteiger partial charge in [-0.15, -0.1) is 0 Å². The van der Waals surface area contributed by atoms with E-state index in [9.17, 15) is 9.59 Å². The molecule has 1 spiro atoms. The number of nitrogens with zero attached hydrogens (tertiary/aromatic N) is 2. The Morgan fingerprint density at radius 1 is 1.39 bits per heavy atom. The molecule has 6 nitrogen and oxygen atoms in total. The normalized spacial score (nSPS) is 46.0. The molecule has 9 atom stereocenters. The maximum absolute atomic E-state index is 12.1. The van der Waals surface area contributed by atoms with Crippen LogP contribution in [-0.2, 0) is 19.7 Å². The SMILES string of the molecule is COc1ccc2c(c1)C13C[C@H]4[C@@H]([C@H]1OC(C)=O)[C@H]1CC(C3=N2)N4[C@@H](C)C1C=O. The number of hydrogen-bond acceptors (Lipinski definition) is 6. The summed E-state index contributed by atoms with van der Waals surface area (Å²) in [6, 6.07) is 6.80. The number of aldehydes is 1. The van der Waals surface area contributed by atoms with Crippen molar-refractivity contribution in [3.05, 3.63) is 23.8 Å². The highest BCUT2D eigenvalue weighted by molar-refractivity contribution is 6.08. The third-order valence-corrected chi connectivity index (χ3v) is 8.21. The van der Waals surface area contributed by atoms with Crippen molar-refractivity contribution in [3.63, 3.8) is 0 Å². The molecule has 146 valence electrons. The molecule has 0 amide bonds. The van der Waals surface area contributed by atoms with E-state index in [0.29, 0.717) is 6.04 Å². The van der Waals surface area contributed by atoms with Crippen LogP contribution in [0, 0.1) is 17.8 Å². The minimum Gasteiger partial charge on any atom is -0.497 e. The van der Waals surface area contributed by atoms with Crippen molar-refractivity contribution in [1.82, 2.24) is 4.90 Å². The van der Waals surface area contributed by atoms with Crippen LogP contribution in [0.2, 0.25) is 0 Å². The maximum Gasteiger partial charge on any atom is 0.302 e. The topological polar surface area (TPSA) is 68.2 Å². The van der Waals surface area contributed by atoms with Crippen LogP contribution in [0.3, 0.4) is 0 Å². The van der Waals surface area contributed by atoms with Gasteiger partial charge in [0.1, 0.15) is 18.1 Å². The molecule has 0 N–H and O–H groups in total. The van der Waals surface area contributed by atoms with Gasteiger partial charge in [0.05, 0.1) is 30.0 Å². The molecular weight excluding hydrogens is 356 g/mol. The molecule has 0 aromatic heterocycles. The largest absolute Gasteiger partial charge is 0.497 e. The van der Waals surface area contributed by atoms with Crippen molar-refractivity contribution in [2.75, 3.05) is 7.11 Å². The zero-order valence-electron chi connectivity index (χ0n) is 16.3. The van der Waals surface area contributed by atoms with Gasteiger partial charge in [-0.05, 0) is 49.4 Å². The molecular formula is C22H24N2O4. The fourth-order valence-electron chi connectivity index (χ4n) is 7.43. The number of rotatable bonds is 3. The van der Waals surface area contributed by atoms with E-state index < -0.39 is 0 Å². The minimum absolute atomic E-state index is 0.00471. The molecule has 1 aromatic carbocycles. The van der Waals surface area contributed by atoms with E-state index in [1.54, 1.807) is 7.11 Å². The van der Waals surface area contributed by atoms with Gasteiger partial charge in [0.2, 0.25) is 0 Å². The summed E-state index contributed by atoms with van der Waals surface area (Å²) in [6.45, 7) is 3.66. The van der Waals surface area contributed by atoms with E-state index >= 15 is 0 Å². The third kappa shape index (κ3) is 1.68. The molecule has 28 heavy (non-hydrogen) atoms. The molecule has 0 radical (unpaired) electrons. The lowest BCUT2D eigenvalue weighted by Crippen LogP contribution is -2.69. The van der Waals surface area contributed by atoms with Crippen LogP contribution >= 0.6 is 0 Å². The van der Waals surface area contributed by atoms with Gasteiger partial charge in [0.15, 0.2) is 0 Å². The quantitative estimate of drug-likeness (QED) is 0.594. The first-order valence-corrected chi connectivity index (χ1v) is 10.2. The summed E-state index contributed by atoms with van der Waals surface area (Å²) in [5, 5.41) is 0. The fraction of sp³-hybridized carbons (Fsp3) is 0.591. The zero-order valence-corrected chi connectivity index (χ0v) is 16.3. The summed E-state index contributed by atoms with van der Waals surface area (Å²) in [7, 11) is 1.67. The lowest BCUT2D eigenvalue weighted by atomic mass is 9.62. The van der Waals surface area contributed by atoms with Crippen LogP contribution < -0.4 is 4.74 Å². The van der Waals surface area contributed by atoms with Crippen LogP contribution in [-0.4, -0.2) is 54.2 Å². The lowest BCUT2D eigenvalue weighted by molar-refractivity contribution is -0.159. The van der Waals surface area contributed by atoms with E-state index in [4.69, 9.17) is 14.5 Å². The molecule has 1 aliphatic carbocycles. The molecule has 5 aliphatic heterocycles. The summed E-state index contributed by atoms with van der Waals surface area (Å²) in [4.78, 5) is 31.7. The van der Waals surface area contributed by atoms with Gasteiger partial charge in [0.25, 0.3) is 0 Å². The summed E-state index contributed by atoms with van der Waals surface area (Å²) in [5.74, 6) is 0.965. The molecule has 5 fully saturated rings. The predicted molar refractivity (Wildman–Crippen MR) is 102 cm³/mol. The lowest BCUT2D eigenvalue weighted by Gasteiger charge is -2.60. The van der Waals surface area contributed by atoms with Gasteiger partial charge in [-0.1, -0.05) is 0 Å². The van der Waals surface area contributed by atoms with E-state index in [-0.39, 0.29) is 47.3 Å². The molecule has 5 bridgehead atoms. The van der Waals surface area contributed by atoms with Gasteiger partial charge in [-0.25, -0.2) is 0 Å². The Balaban J connectivity index is 1.59. The molecule has 6 heteroatoms. The molecule has 6 aliphatic rings. The summed E-state index contributed by atoms with van der Waals surface area (Å²) in [6.07, 6.45) is 2.69. The molecule has 5 heterocycles. The molecule has 1 saturated carbocycles. The minimum atomic E-state index is -0.377. The smallest absolute Gasteiger partial charge is 0.302 e. The van der Waals surface area contributed by atoms with Crippen LogP contribution in [0.25, 0.3) is 0 Å². The van der Waals surface area contributed by atoms with E-state index in [0.717, 1.165) is 41.8 Å². The Morgan fingerprint density at radius 2 is 2.21 bits per heavy atom. The highest BCUT2D eigenvalue weighted by Gasteiger charge is 2.75. The van der Waals surface area contributed by atoms with Crippen molar-refractivity contribution in [3.8, 4) is 5.75 Å². The zero-order chi connectivity index (χ0) is 19.4. The average Bonchev–Trinajstić information content (AvgIpc) is 3.14. The van der Waals surface area contributed by atoms with E-state index in [1.807, 2.05) is 12.1 Å². The van der Waals surface area contributed by atoms with E-state index in [2.05, 4.69) is 17.9 Å². The number of carbonyl (C=O) groups excluding carboxylic acids is 2. The number of fused-ring (bicyclic) bond motifs is 2. The number of benzene rings is 1. The molecule has 1 aromatic rings. The predicted octanol–water partition coefficient (Wildman–Crippen LogP) is 2.26. The highest BCUT2D eigenvalue weighted by atomic mass is 16.5. The second-order valence-corrected chi connectivity index (χ2v) is 9.05. The van der Waals surface area contributed by atoms with Crippen LogP contribution in [0.15, 0.2) is 23.2 Å². The van der Waals surface area contributed by atoms with E-state index in [1.165, 1.54) is 6.92 Å². The Morgan fingerprint density at radius 3 is 2.93 bits per heavy atom. The van der Waals surface area contributed by atoms with Crippen LogP contribution in [0.4, 0.5) is 5.69 Å². The number of carbonyl (C=O) groups is 2. The molecule has 4 unspecified atom stereocenters. The van der Waals surface area contributed by atoms with Crippen molar-refractivity contribution in [2.45, 2.75) is 56.3 Å². The number of hydrogen-bond donors (Lipinski definition) is 0. The van der Waals surface area contributed by atoms with Gasteiger partial charge in [-0.3, -0.25) is 14.7 Å². The Hall–Kier alpha value is -2.21. The van der Waals surface area contributed by atoms with Gasteiger partial charge in [0, 0.05) is 30.8 Å². The molecule has 4 saturated heterocycles. The summed E-state index contributed by atoms with van der Waals surface area (Å²) >= 11 is 0. The first-order valence-electron chi connectivity index (χ1n) is 10.2. The van der Waals surface area contributed by atoms with Gasteiger partial charge < -0.3 is 14.3 Å². The highest BCUT2D eigenvalue weighted by Crippen LogP contribution is 2.67. The number of methoxy groups -OCH3 is 1.